The standard InChI is InChI=1S/C22H20N2O3/c23-18-13-11-17(12-14-18)22(26)27-16-15-21(25)24(19-7-3-1-4-8-19)20-9-5-2-6-10-20/h1-14H,15-16,23H2. The minimum absolute atomic E-state index is 0.00178. The first kappa shape index (κ1) is 18.2. The van der Waals surface area contributed by atoms with Crippen LogP contribution < -0.4 is 10.6 Å². The first-order valence-electron chi connectivity index (χ1n) is 8.61. The summed E-state index contributed by atoms with van der Waals surface area (Å²) in [6, 6.07) is 25.2. The molecule has 1 amide bonds. The molecular weight excluding hydrogens is 340 g/mol. The lowest BCUT2D eigenvalue weighted by molar-refractivity contribution is -0.118. The highest BCUT2D eigenvalue weighted by Crippen LogP contribution is 2.25. The van der Waals surface area contributed by atoms with Gasteiger partial charge in [-0.3, -0.25) is 9.69 Å². The van der Waals surface area contributed by atoms with Gasteiger partial charge in [0.1, 0.15) is 6.61 Å². The fraction of sp³-hybridized carbons (Fsp3) is 0.0909. The van der Waals surface area contributed by atoms with Gasteiger partial charge in [0.15, 0.2) is 0 Å². The van der Waals surface area contributed by atoms with Crippen molar-refractivity contribution < 1.29 is 14.3 Å². The van der Waals surface area contributed by atoms with Crippen molar-refractivity contribution in [3.05, 3.63) is 90.5 Å². The zero-order chi connectivity index (χ0) is 19.1. The molecule has 0 saturated carbocycles. The SMILES string of the molecule is Nc1ccc(C(=O)OCCC(=O)N(c2ccccc2)c2ccccc2)cc1. The maximum absolute atomic E-state index is 12.8. The van der Waals surface area contributed by atoms with Crippen LogP contribution in [0.5, 0.6) is 0 Å². The van der Waals surface area contributed by atoms with E-state index in [0.717, 1.165) is 11.4 Å². The van der Waals surface area contributed by atoms with E-state index in [2.05, 4.69) is 0 Å². The molecule has 3 aromatic carbocycles. The summed E-state index contributed by atoms with van der Waals surface area (Å²) in [4.78, 5) is 26.5. The van der Waals surface area contributed by atoms with Gasteiger partial charge in [0.2, 0.25) is 5.91 Å². The van der Waals surface area contributed by atoms with Crippen molar-refractivity contribution >= 4 is 28.9 Å². The average molecular weight is 360 g/mol. The van der Waals surface area contributed by atoms with Gasteiger partial charge in [0.05, 0.1) is 12.0 Å². The van der Waals surface area contributed by atoms with Crippen molar-refractivity contribution in [2.45, 2.75) is 6.42 Å². The number of nitrogens with zero attached hydrogens (tertiary/aromatic N) is 1. The van der Waals surface area contributed by atoms with Gasteiger partial charge in [-0.05, 0) is 48.5 Å². The lowest BCUT2D eigenvalue weighted by atomic mass is 10.2. The predicted molar refractivity (Wildman–Crippen MR) is 106 cm³/mol. The molecule has 3 aromatic rings. The molecule has 27 heavy (non-hydrogen) atoms. The molecule has 0 saturated heterocycles. The van der Waals surface area contributed by atoms with Gasteiger partial charge in [0, 0.05) is 17.1 Å². The van der Waals surface area contributed by atoms with Crippen LogP contribution in [0.2, 0.25) is 0 Å². The van der Waals surface area contributed by atoms with Crippen LogP contribution in [0.15, 0.2) is 84.9 Å². The molecule has 0 aliphatic rings. The Morgan fingerprint density at radius 2 is 1.30 bits per heavy atom. The minimum Gasteiger partial charge on any atom is -0.462 e. The van der Waals surface area contributed by atoms with E-state index in [1.54, 1.807) is 29.2 Å². The fourth-order valence-corrected chi connectivity index (χ4v) is 2.64. The third-order valence-corrected chi connectivity index (χ3v) is 3.97. The van der Waals surface area contributed by atoms with Crippen molar-refractivity contribution in [3.63, 3.8) is 0 Å². The number of carbonyl (C=O) groups excluding carboxylic acids is 2. The summed E-state index contributed by atoms with van der Waals surface area (Å²) < 4.78 is 5.23. The normalized spacial score (nSPS) is 10.2. The van der Waals surface area contributed by atoms with E-state index >= 15 is 0 Å². The molecule has 0 aliphatic heterocycles. The van der Waals surface area contributed by atoms with Crippen LogP contribution in [-0.4, -0.2) is 18.5 Å². The molecule has 0 heterocycles. The Balaban J connectivity index is 1.66. The van der Waals surface area contributed by atoms with E-state index in [0.29, 0.717) is 11.3 Å². The van der Waals surface area contributed by atoms with Crippen LogP contribution in [0, 0.1) is 0 Å². The Hall–Kier alpha value is -3.60. The van der Waals surface area contributed by atoms with Crippen molar-refractivity contribution in [3.8, 4) is 0 Å². The smallest absolute Gasteiger partial charge is 0.338 e. The lowest BCUT2D eigenvalue weighted by Crippen LogP contribution is -2.27. The summed E-state index contributed by atoms with van der Waals surface area (Å²) in [6.07, 6.45) is 0.0739. The molecule has 0 atom stereocenters. The first-order valence-corrected chi connectivity index (χ1v) is 8.61. The number of esters is 1. The van der Waals surface area contributed by atoms with Crippen molar-refractivity contribution in [2.75, 3.05) is 17.2 Å². The second-order valence-electron chi connectivity index (χ2n) is 5.91. The molecule has 0 aliphatic carbocycles. The summed E-state index contributed by atoms with van der Waals surface area (Å²) in [5.41, 5.74) is 8.11. The van der Waals surface area contributed by atoms with E-state index < -0.39 is 5.97 Å². The van der Waals surface area contributed by atoms with Crippen molar-refractivity contribution in [2.24, 2.45) is 0 Å². The van der Waals surface area contributed by atoms with E-state index in [4.69, 9.17) is 10.5 Å². The van der Waals surface area contributed by atoms with Gasteiger partial charge in [0.25, 0.3) is 0 Å². The van der Waals surface area contributed by atoms with Crippen LogP contribution in [0.4, 0.5) is 17.1 Å². The Kier molecular flexibility index (Phi) is 5.84. The predicted octanol–water partition coefficient (Wildman–Crippen LogP) is 4.18. The van der Waals surface area contributed by atoms with E-state index in [9.17, 15) is 9.59 Å². The van der Waals surface area contributed by atoms with Crippen LogP contribution in [0.3, 0.4) is 0 Å². The lowest BCUT2D eigenvalue weighted by Gasteiger charge is -2.23. The number of nitrogen functional groups attached to an aromatic ring is 1. The molecule has 0 aromatic heterocycles. The molecule has 3 rings (SSSR count). The van der Waals surface area contributed by atoms with Gasteiger partial charge in [-0.15, -0.1) is 0 Å². The number of rotatable bonds is 6. The Morgan fingerprint density at radius 3 is 1.81 bits per heavy atom. The summed E-state index contributed by atoms with van der Waals surface area (Å²) in [5.74, 6) is -0.633. The van der Waals surface area contributed by atoms with Crippen LogP contribution in [-0.2, 0) is 9.53 Å². The molecule has 0 bridgehead atoms. The number of carbonyl (C=O) groups is 2. The number of nitrogens with two attached hydrogens (primary N) is 1. The third-order valence-electron chi connectivity index (χ3n) is 3.97. The summed E-state index contributed by atoms with van der Waals surface area (Å²) in [6.45, 7) is -0.00178. The highest BCUT2D eigenvalue weighted by molar-refractivity contribution is 6.00. The quantitative estimate of drug-likeness (QED) is 0.529. The van der Waals surface area contributed by atoms with E-state index in [-0.39, 0.29) is 18.9 Å². The van der Waals surface area contributed by atoms with Gasteiger partial charge in [-0.1, -0.05) is 36.4 Å². The number of hydrogen-bond acceptors (Lipinski definition) is 4. The van der Waals surface area contributed by atoms with Gasteiger partial charge in [-0.2, -0.15) is 0 Å². The van der Waals surface area contributed by atoms with Crippen LogP contribution >= 0.6 is 0 Å². The molecule has 0 fully saturated rings. The molecule has 0 spiro atoms. The van der Waals surface area contributed by atoms with Crippen LogP contribution in [0.25, 0.3) is 0 Å². The first-order chi connectivity index (χ1) is 13.1. The number of para-hydroxylation sites is 2. The van der Waals surface area contributed by atoms with Crippen molar-refractivity contribution in [1.82, 2.24) is 0 Å². The summed E-state index contributed by atoms with van der Waals surface area (Å²) >= 11 is 0. The van der Waals surface area contributed by atoms with Gasteiger partial charge in [-0.25, -0.2) is 4.79 Å². The molecule has 5 nitrogen and oxygen atoms in total. The number of benzene rings is 3. The van der Waals surface area contributed by atoms with Gasteiger partial charge < -0.3 is 10.5 Å². The second-order valence-corrected chi connectivity index (χ2v) is 5.91. The molecule has 5 heteroatoms. The number of amides is 1. The second kappa shape index (κ2) is 8.67. The summed E-state index contributed by atoms with van der Waals surface area (Å²) in [5, 5.41) is 0. The largest absolute Gasteiger partial charge is 0.462 e. The zero-order valence-corrected chi connectivity index (χ0v) is 14.7. The third kappa shape index (κ3) is 4.73. The molecule has 2 N–H and O–H groups in total. The fourth-order valence-electron chi connectivity index (χ4n) is 2.64. The number of hydrogen-bond donors (Lipinski definition) is 1. The van der Waals surface area contributed by atoms with E-state index in [1.165, 1.54) is 0 Å². The maximum Gasteiger partial charge on any atom is 0.338 e. The topological polar surface area (TPSA) is 72.6 Å². The minimum atomic E-state index is -0.478. The molecule has 0 radical (unpaired) electrons. The molecule has 136 valence electrons. The maximum atomic E-state index is 12.8. The van der Waals surface area contributed by atoms with Crippen molar-refractivity contribution in [1.29, 1.82) is 0 Å². The highest BCUT2D eigenvalue weighted by atomic mass is 16.5. The highest BCUT2D eigenvalue weighted by Gasteiger charge is 2.18. The Bertz CT molecular complexity index is 854. The molecular formula is C22H20N2O3. The number of anilines is 3. The van der Waals surface area contributed by atoms with E-state index in [1.807, 2.05) is 60.7 Å². The Labute approximate surface area is 158 Å². The van der Waals surface area contributed by atoms with Crippen LogP contribution in [0.1, 0.15) is 16.8 Å². The Morgan fingerprint density at radius 1 is 0.778 bits per heavy atom. The summed E-state index contributed by atoms with van der Waals surface area (Å²) in [7, 11) is 0. The molecule has 0 unspecified atom stereocenters. The number of ether oxygens (including phenoxy) is 1. The van der Waals surface area contributed by atoms with Gasteiger partial charge >= 0.3 is 5.97 Å². The zero-order valence-electron chi connectivity index (χ0n) is 14.7. The monoisotopic (exact) mass is 360 g/mol. The average Bonchev–Trinajstić information content (AvgIpc) is 2.70.